The molecule has 0 spiro atoms. The summed E-state index contributed by atoms with van der Waals surface area (Å²) in [5.41, 5.74) is -6.31. The third-order valence-electron chi connectivity index (χ3n) is 13.3. The second-order valence-corrected chi connectivity index (χ2v) is 21.8. The molecule has 0 saturated heterocycles. The molecule has 1 aliphatic rings. The number of phenols is 2. The molecule has 4 aromatic carbocycles. The Kier molecular flexibility index (Phi) is 23.5. The molecule has 0 aliphatic heterocycles. The summed E-state index contributed by atoms with van der Waals surface area (Å²) in [5.74, 6) is 0.587. The fourth-order valence-electron chi connectivity index (χ4n) is 8.17. The molecule has 0 radical (unpaired) electrons. The van der Waals surface area contributed by atoms with Crippen LogP contribution in [-0.4, -0.2) is 93.2 Å². The van der Waals surface area contributed by atoms with Crippen molar-refractivity contribution in [2.24, 2.45) is 9.98 Å². The van der Waals surface area contributed by atoms with E-state index in [2.05, 4.69) is 142 Å². The van der Waals surface area contributed by atoms with E-state index in [0.717, 1.165) is 59.1 Å². The number of aliphatic hydroxyl groups is 2. The molecule has 0 amide bonds. The van der Waals surface area contributed by atoms with Gasteiger partial charge in [0.25, 0.3) is 0 Å². The van der Waals surface area contributed by atoms with E-state index < -0.39 is 48.3 Å². The fourth-order valence-corrected chi connectivity index (χ4v) is 8.17. The number of nitrogens with zero attached hydrogens (tertiary/aromatic N) is 2. The predicted molar refractivity (Wildman–Crippen MR) is 258 cm³/mol. The number of hydrogen-bond donors (Lipinski definition) is 4. The van der Waals surface area contributed by atoms with Crippen LogP contribution in [0.1, 0.15) is 139 Å². The van der Waals surface area contributed by atoms with Crippen LogP contribution in [0, 0.1) is 0 Å². The van der Waals surface area contributed by atoms with Gasteiger partial charge >= 0.3 is 81.8 Å². The summed E-state index contributed by atoms with van der Waals surface area (Å²) < 4.78 is 205. The van der Waals surface area contributed by atoms with E-state index in [0.29, 0.717) is 11.5 Å². The van der Waals surface area contributed by atoms with Crippen molar-refractivity contribution < 1.29 is 133 Å². The average molecular weight is 1260 g/mol. The average Bonchev–Trinajstić information content (AvgIpc) is 3.28. The maximum absolute atomic E-state index is 11.6. The molecule has 80 heavy (non-hydrogen) atoms. The van der Waals surface area contributed by atoms with Crippen LogP contribution in [-0.2, 0) is 55.2 Å². The number of halogens is 18. The minimum Gasteiger partial charge on any atom is -0.507 e. The van der Waals surface area contributed by atoms with Crippen molar-refractivity contribution in [2.75, 3.05) is 0 Å². The van der Waals surface area contributed by atoms with Crippen molar-refractivity contribution in [1.29, 1.82) is 0 Å². The Bertz CT molecular complexity index is 2440. The van der Waals surface area contributed by atoms with E-state index in [4.69, 9.17) is 20.2 Å². The number of benzene rings is 4. The van der Waals surface area contributed by atoms with Crippen LogP contribution in [0.2, 0.25) is 0 Å². The van der Waals surface area contributed by atoms with Crippen LogP contribution in [0.5, 0.6) is 11.5 Å². The molecule has 26 heteroatoms. The van der Waals surface area contributed by atoms with Gasteiger partial charge in [0.1, 0.15) is 11.5 Å². The molecule has 0 aromatic heterocycles. The standard InChI is InChI=1S/C46H58N2O2.2C4HF9O.2Co/c1-43(2,3)37-27-35(45(7,8)33-19-13-11-14-20-33)25-31(41(37)49)29-47-39-23-17-18-24-40(39)48-30-32-26-36(28-38(42(32)50)44(4,5)6)46(9,10)34-21-15-12-16-22-34;2*5-2(6,7)1(14,3(8,9)10)4(11,12)13;;/h11-16,19-22,25-30,39-40,49-50H,17-18,23-24H2,1-10H3;2*14H;;/q;;;2*+3. The minimum absolute atomic E-state index is 0. The van der Waals surface area contributed by atoms with Crippen molar-refractivity contribution in [2.45, 2.75) is 177 Å². The third-order valence-corrected chi connectivity index (χ3v) is 13.3. The van der Waals surface area contributed by atoms with Gasteiger partial charge in [-0.2, -0.15) is 79.0 Å². The van der Waals surface area contributed by atoms with Gasteiger partial charge < -0.3 is 20.4 Å². The molecule has 5 rings (SSSR count). The number of aromatic hydroxyl groups is 2. The van der Waals surface area contributed by atoms with E-state index in [1.807, 2.05) is 24.6 Å². The first kappa shape index (κ1) is 73.5. The van der Waals surface area contributed by atoms with Gasteiger partial charge in [-0.25, -0.2) is 0 Å². The number of phenolic OH excluding ortho intramolecular Hbond substituents is 2. The molecule has 4 aromatic rings. The number of alkyl halides is 18. The molecule has 4 N–H and O–H groups in total. The van der Waals surface area contributed by atoms with Crippen LogP contribution >= 0.6 is 0 Å². The zero-order valence-electron chi connectivity index (χ0n) is 44.4. The minimum atomic E-state index is -6.87. The van der Waals surface area contributed by atoms with E-state index in [1.165, 1.54) is 11.1 Å². The quantitative estimate of drug-likeness (QED) is 0.104. The van der Waals surface area contributed by atoms with Gasteiger partial charge in [0.05, 0.1) is 12.1 Å². The van der Waals surface area contributed by atoms with Gasteiger partial charge in [-0.3, -0.25) is 9.98 Å². The van der Waals surface area contributed by atoms with Crippen molar-refractivity contribution >= 4 is 12.4 Å². The SMILES string of the molecule is CC(C)(C)c1cc(C(C)(C)c2ccccc2)cc(C=NC2CCCCC2N=Cc2cc(C(C)(C)c3ccccc3)cc(C(C)(C)C)c2O)c1O.OC(C(F)(F)F)(C(F)(F)F)C(F)(F)F.OC(C(F)(F)F)(C(F)(F)F)C(F)(F)F.[Co+3].[Co+3]. The van der Waals surface area contributed by atoms with Crippen LogP contribution < -0.4 is 0 Å². The first-order valence-electron chi connectivity index (χ1n) is 23.7. The zero-order valence-corrected chi connectivity index (χ0v) is 46.5. The molecule has 1 fully saturated rings. The van der Waals surface area contributed by atoms with E-state index in [1.54, 1.807) is 0 Å². The fraction of sp³-hybridized carbons (Fsp3) is 0.519. The molecule has 2 atom stereocenters. The molecule has 0 bridgehead atoms. The summed E-state index contributed by atoms with van der Waals surface area (Å²) in [6.45, 7) is 21.8. The van der Waals surface area contributed by atoms with E-state index in [9.17, 15) is 89.2 Å². The van der Waals surface area contributed by atoms with Gasteiger partial charge in [-0.05, 0) is 58.1 Å². The normalized spacial score (nSPS) is 16.7. The predicted octanol–water partition coefficient (Wildman–Crippen LogP) is 16.0. The molecule has 1 aliphatic carbocycles. The first-order valence-corrected chi connectivity index (χ1v) is 23.7. The van der Waals surface area contributed by atoms with Crippen molar-refractivity contribution in [3.63, 3.8) is 0 Å². The van der Waals surface area contributed by atoms with E-state index >= 15 is 0 Å². The molecule has 1 saturated carbocycles. The maximum Gasteiger partial charge on any atom is 3.00 e. The second kappa shape index (κ2) is 25.5. The molecular weight excluding hydrogens is 1200 g/mol. The summed E-state index contributed by atoms with van der Waals surface area (Å²) in [6.07, 6.45) is -33.4. The Morgan fingerprint density at radius 1 is 0.388 bits per heavy atom. The van der Waals surface area contributed by atoms with Crippen LogP contribution in [0.3, 0.4) is 0 Å². The van der Waals surface area contributed by atoms with Crippen LogP contribution in [0.4, 0.5) is 79.0 Å². The van der Waals surface area contributed by atoms with Gasteiger partial charge in [-0.15, -0.1) is 0 Å². The maximum atomic E-state index is 11.6. The van der Waals surface area contributed by atoms with Crippen LogP contribution in [0.25, 0.3) is 0 Å². The number of aliphatic imine (C=N–C) groups is 2. The Morgan fingerprint density at radius 2 is 0.625 bits per heavy atom. The molecule has 0 heterocycles. The zero-order chi connectivity index (χ0) is 60.5. The monoisotopic (exact) mass is 1260 g/mol. The summed E-state index contributed by atoms with van der Waals surface area (Å²) >= 11 is 0. The van der Waals surface area contributed by atoms with Crippen molar-refractivity contribution in [3.05, 3.63) is 129 Å². The van der Waals surface area contributed by atoms with E-state index in [-0.39, 0.29) is 67.3 Å². The van der Waals surface area contributed by atoms with Crippen molar-refractivity contribution in [3.8, 4) is 11.5 Å². The topological polar surface area (TPSA) is 106 Å². The van der Waals surface area contributed by atoms with Gasteiger partial charge in [-0.1, -0.05) is 155 Å². The number of rotatable bonds is 8. The second-order valence-electron chi connectivity index (χ2n) is 21.8. The van der Waals surface area contributed by atoms with Crippen LogP contribution in [0.15, 0.2) is 94.9 Å². The molecular formula is C54H60Co2F18N2O4+6. The van der Waals surface area contributed by atoms with Crippen molar-refractivity contribution in [1.82, 2.24) is 0 Å². The summed E-state index contributed by atoms with van der Waals surface area (Å²) in [7, 11) is 0. The molecule has 2 unspecified atom stereocenters. The summed E-state index contributed by atoms with van der Waals surface area (Å²) in [6, 6.07) is 29.6. The number of hydrogen-bond acceptors (Lipinski definition) is 6. The largest absolute Gasteiger partial charge is 3.00 e. The molecule has 448 valence electrons. The van der Waals surface area contributed by atoms with Gasteiger partial charge in [0.2, 0.25) is 0 Å². The smallest absolute Gasteiger partial charge is 0.507 e. The Morgan fingerprint density at radius 3 is 0.825 bits per heavy atom. The first-order chi connectivity index (χ1) is 34.9. The Hall–Kier alpha value is -4.51. The van der Waals surface area contributed by atoms with Gasteiger partial charge in [0, 0.05) is 45.5 Å². The Labute approximate surface area is 471 Å². The summed E-state index contributed by atoms with van der Waals surface area (Å²) in [5, 5.41) is 38.5. The Balaban J connectivity index is 0.000000878. The van der Waals surface area contributed by atoms with Gasteiger partial charge in [0.15, 0.2) is 0 Å². The molecule has 6 nitrogen and oxygen atoms in total. The summed E-state index contributed by atoms with van der Waals surface area (Å²) in [4.78, 5) is 10.3. The third kappa shape index (κ3) is 16.2.